The van der Waals surface area contributed by atoms with Gasteiger partial charge in [0, 0.05) is 114 Å². The number of carbonyl (C=O) groups is 1. The highest BCUT2D eigenvalue weighted by Gasteiger charge is 2.27. The Kier molecular flexibility index (Phi) is 17.7. The van der Waals surface area contributed by atoms with Crippen molar-refractivity contribution in [3.8, 4) is 6.01 Å². The molecule has 0 amide bonds. The average Bonchev–Trinajstić information content (AvgIpc) is 3.04. The van der Waals surface area contributed by atoms with Crippen LogP contribution in [0.15, 0.2) is 29.0 Å². The molecular weight excluding hydrogens is 768 g/mol. The van der Waals surface area contributed by atoms with Crippen molar-refractivity contribution in [1.29, 1.82) is 5.41 Å². The number of amidine groups is 1. The molecule has 0 spiro atoms. The number of rotatable bonds is 5. The normalized spacial score (nSPS) is 17.2. The Morgan fingerprint density at radius 1 is 0.846 bits per heavy atom. The highest BCUT2D eigenvalue weighted by atomic mass is 35.5. The summed E-state index contributed by atoms with van der Waals surface area (Å²) in [6.45, 7) is 1.99. The van der Waals surface area contributed by atoms with Crippen LogP contribution in [-0.2, 0) is 65.5 Å². The molecule has 24 heteroatoms. The number of H-pyrrole nitrogens is 1. The number of nitrogens with zero attached hydrogens (tertiary/aromatic N) is 7. The second kappa shape index (κ2) is 19.9. The van der Waals surface area contributed by atoms with E-state index >= 15 is 0 Å². The first kappa shape index (κ1) is 46.3. The highest BCUT2D eigenvalue weighted by Crippen LogP contribution is 2.20. The highest BCUT2D eigenvalue weighted by molar-refractivity contribution is 7.88. The van der Waals surface area contributed by atoms with Crippen molar-refractivity contribution in [2.24, 2.45) is 5.73 Å². The molecule has 1 saturated heterocycles. The van der Waals surface area contributed by atoms with E-state index in [1.54, 1.807) is 31.4 Å². The van der Waals surface area contributed by atoms with E-state index in [9.17, 15) is 34.8 Å². The summed E-state index contributed by atoms with van der Waals surface area (Å²) in [7, 11) is -3.03. The number of hydrogen-bond acceptors (Lipinski definition) is 15. The van der Waals surface area contributed by atoms with Crippen molar-refractivity contribution >= 4 is 54.3 Å². The number of methoxy groups -OCH3 is 2. The van der Waals surface area contributed by atoms with E-state index < -0.39 is 30.1 Å². The van der Waals surface area contributed by atoms with Crippen LogP contribution in [0.25, 0.3) is 0 Å². The molecule has 294 valence electrons. The first-order valence-electron chi connectivity index (χ1n) is 15.1. The summed E-state index contributed by atoms with van der Waals surface area (Å²) in [5, 5.41) is 6.30. The second-order valence-electron chi connectivity index (χ2n) is 11.7. The first-order chi connectivity index (χ1) is 23.5. The van der Waals surface area contributed by atoms with Crippen molar-refractivity contribution in [3.05, 3.63) is 57.2 Å². The van der Waals surface area contributed by atoms with Gasteiger partial charge in [0.2, 0.25) is 30.1 Å². The van der Waals surface area contributed by atoms with Gasteiger partial charge in [0.25, 0.3) is 6.02 Å². The van der Waals surface area contributed by atoms with Crippen LogP contribution >= 0.6 is 12.4 Å². The number of nitrogens with one attached hydrogen (secondary N) is 2. The second-order valence-corrected chi connectivity index (χ2v) is 17.6. The molecule has 0 saturated carbocycles. The molecule has 0 unspecified atom stereocenters. The number of aromatic amines is 1. The van der Waals surface area contributed by atoms with E-state index in [1.807, 2.05) is 0 Å². The van der Waals surface area contributed by atoms with Crippen LogP contribution in [0.2, 0.25) is 0 Å². The molecule has 5 heterocycles. The maximum absolute atomic E-state index is 11.5. The molecule has 2 aromatic rings. The molecule has 20 nitrogen and oxygen atoms in total. The quantitative estimate of drug-likeness (QED) is 0.176. The summed E-state index contributed by atoms with van der Waals surface area (Å²) in [6.07, 6.45) is 9.69. The summed E-state index contributed by atoms with van der Waals surface area (Å²) in [4.78, 5) is 38.5. The van der Waals surface area contributed by atoms with E-state index in [1.165, 1.54) is 45.8 Å². The van der Waals surface area contributed by atoms with Gasteiger partial charge in [0.15, 0.2) is 5.78 Å². The number of hydrogen-bond donors (Lipinski definition) is 3. The lowest BCUT2D eigenvalue weighted by Crippen LogP contribution is -2.39. The number of aromatic nitrogens is 4. The Hall–Kier alpha value is -3.74. The van der Waals surface area contributed by atoms with Gasteiger partial charge in [-0.3, -0.25) is 10.2 Å². The summed E-state index contributed by atoms with van der Waals surface area (Å²) in [5.74, 6) is 0.0311. The van der Waals surface area contributed by atoms with Crippen LogP contribution < -0.4 is 16.2 Å². The molecule has 3 aliphatic rings. The molecule has 0 radical (unpaired) electrons. The van der Waals surface area contributed by atoms with Crippen molar-refractivity contribution in [2.45, 2.75) is 32.4 Å². The topological polar surface area (TPSA) is 272 Å². The molecular formula is C28H47ClN10O10S3. The number of fused-ring (bicyclic) bond motifs is 2. The van der Waals surface area contributed by atoms with Crippen molar-refractivity contribution in [2.75, 3.05) is 73.3 Å². The Morgan fingerprint density at radius 3 is 1.83 bits per heavy atom. The number of halogens is 1. The fraction of sp³-hybridized carbons (Fsp3) is 0.571. The molecule has 0 aliphatic carbocycles. The zero-order valence-corrected chi connectivity index (χ0v) is 33.3. The van der Waals surface area contributed by atoms with Crippen LogP contribution in [0.5, 0.6) is 6.01 Å². The van der Waals surface area contributed by atoms with E-state index in [-0.39, 0.29) is 49.4 Å². The van der Waals surface area contributed by atoms with E-state index in [2.05, 4.69) is 30.4 Å². The zero-order valence-electron chi connectivity index (χ0n) is 30.0. The maximum atomic E-state index is 11.5. The lowest BCUT2D eigenvalue weighted by atomic mass is 10.1. The minimum Gasteiger partial charge on any atom is -0.469 e. The lowest BCUT2D eigenvalue weighted by Gasteiger charge is -2.26. The van der Waals surface area contributed by atoms with Gasteiger partial charge in [-0.1, -0.05) is 0 Å². The van der Waals surface area contributed by atoms with Gasteiger partial charge < -0.3 is 25.1 Å². The molecule has 0 bridgehead atoms. The number of carbonyl (C=O) groups excluding carboxylic acids is 1. The molecule has 3 aliphatic heterocycles. The maximum Gasteiger partial charge on any atom is 0.345 e. The van der Waals surface area contributed by atoms with E-state index in [4.69, 9.17) is 10.1 Å². The fourth-order valence-corrected chi connectivity index (χ4v) is 7.10. The van der Waals surface area contributed by atoms with Crippen LogP contribution in [0.4, 0.5) is 0 Å². The monoisotopic (exact) mass is 814 g/mol. The molecule has 0 atom stereocenters. The molecule has 5 rings (SSSR count). The summed E-state index contributed by atoms with van der Waals surface area (Å²) in [6, 6.07) is 0.0801. The van der Waals surface area contributed by atoms with Crippen LogP contribution in [0, 0.1) is 5.41 Å². The SMILES string of the molecule is CN(C)/C=C1/CN(S(C)(=O)=O)CCC1=O.COC(=N)N.COc1ncc2c(n1)CCN(S(C)(=O)=O)C2.CS(=O)(=O)N1CCc2[nH]c(=O)ncc2C1.Cl. The van der Waals surface area contributed by atoms with Gasteiger partial charge in [-0.05, 0) is 0 Å². The number of sulfonamides is 3. The Morgan fingerprint density at radius 2 is 1.33 bits per heavy atom. The predicted octanol–water partition coefficient (Wildman–Crippen LogP) is -1.50. The van der Waals surface area contributed by atoms with Gasteiger partial charge in [0.1, 0.15) is 0 Å². The summed E-state index contributed by atoms with van der Waals surface area (Å²) in [5.41, 5.74) is 8.09. The third-order valence-corrected chi connectivity index (χ3v) is 11.1. The number of ketones is 1. The largest absolute Gasteiger partial charge is 0.469 e. The number of ether oxygens (including phenoxy) is 2. The van der Waals surface area contributed by atoms with Gasteiger partial charge in [-0.2, -0.15) is 17.9 Å². The van der Waals surface area contributed by atoms with E-state index in [0.717, 1.165) is 28.8 Å². The summed E-state index contributed by atoms with van der Waals surface area (Å²) < 4.78 is 81.1. The Bertz CT molecular complexity index is 1980. The minimum absolute atomic E-state index is 0. The van der Waals surface area contributed by atoms with Crippen molar-refractivity contribution < 1.29 is 39.5 Å². The number of piperidine rings is 1. The Labute approximate surface area is 310 Å². The molecule has 2 aromatic heterocycles. The number of nitrogens with two attached hydrogens (primary N) is 1. The van der Waals surface area contributed by atoms with Gasteiger partial charge in [0.05, 0.1) is 38.7 Å². The van der Waals surface area contributed by atoms with Crippen molar-refractivity contribution in [1.82, 2.24) is 37.8 Å². The third kappa shape index (κ3) is 15.1. The smallest absolute Gasteiger partial charge is 0.345 e. The Balaban J connectivity index is 0.000000363. The van der Waals surface area contributed by atoms with Crippen LogP contribution in [0.1, 0.15) is 28.9 Å². The van der Waals surface area contributed by atoms with Gasteiger partial charge in [-0.25, -0.2) is 40.0 Å². The van der Waals surface area contributed by atoms with Gasteiger partial charge in [-0.15, -0.1) is 12.4 Å². The third-order valence-electron chi connectivity index (χ3n) is 7.33. The first-order valence-corrected chi connectivity index (χ1v) is 20.7. The standard InChI is InChI=1S/C9H13N3O3S.C9H16N2O3S.C8H11N3O3S.C2H6N2O.ClH/c1-15-9-10-5-7-6-12(16(2,13)14)4-3-8(7)11-9;1-10(2)6-8-7-11(15(3,13)14)5-4-9(8)12;1-15(13,14)11-3-2-7-6(5-11)4-9-8(12)10-7;1-5-2(3)4;/h5H,3-4,6H2,1-2H3;6H,4-5,7H2,1-3H3;4H,2-3,5H2,1H3,(H,9,10,12);1H3,(H3,3,4);1H/b;8-6-;;;. The summed E-state index contributed by atoms with van der Waals surface area (Å²) >= 11 is 0. The molecule has 1 fully saturated rings. The minimum atomic E-state index is -3.20. The molecule has 0 aromatic carbocycles. The average molecular weight is 815 g/mol. The predicted molar refractivity (Wildman–Crippen MR) is 195 cm³/mol. The zero-order chi connectivity index (χ0) is 38.7. The van der Waals surface area contributed by atoms with Crippen LogP contribution in [-0.4, -0.2) is 148 Å². The molecule has 52 heavy (non-hydrogen) atoms. The fourth-order valence-electron chi connectivity index (χ4n) is 4.71. The lowest BCUT2D eigenvalue weighted by molar-refractivity contribution is -0.116. The van der Waals surface area contributed by atoms with E-state index in [0.29, 0.717) is 50.6 Å². The van der Waals surface area contributed by atoms with Crippen molar-refractivity contribution in [3.63, 3.8) is 0 Å². The molecule has 4 N–H and O–H groups in total. The van der Waals surface area contributed by atoms with Gasteiger partial charge >= 0.3 is 11.7 Å². The van der Waals surface area contributed by atoms with Crippen LogP contribution in [0.3, 0.4) is 0 Å². The number of Topliss-reactive ketones (excluding diaryl/α,β-unsaturated/α-hetero) is 1.